The molecule has 0 atom stereocenters. The van der Waals surface area contributed by atoms with Crippen molar-refractivity contribution in [2.75, 3.05) is 0 Å². The van der Waals surface area contributed by atoms with Crippen LogP contribution in [-0.4, -0.2) is 9.97 Å². The molecule has 1 aromatic rings. The molecule has 2 nitrogen and oxygen atoms in total. The van der Waals surface area contributed by atoms with Crippen molar-refractivity contribution in [3.05, 3.63) is 24.6 Å². The number of H-pyrrole nitrogens is 1. The first-order chi connectivity index (χ1) is 5.05. The van der Waals surface area contributed by atoms with E-state index >= 15 is 0 Å². The Hall–Kier alpha value is -1.00. The van der Waals surface area contributed by atoms with Crippen molar-refractivity contribution in [1.82, 2.24) is 9.97 Å². The Bertz CT molecular complexity index is 238. The zero-order valence-electron chi connectivity index (χ0n) is 5.57. The van der Waals surface area contributed by atoms with Crippen LogP contribution in [0.2, 0.25) is 0 Å². The second kappa shape index (κ2) is 2.56. The Morgan fingerprint density at radius 1 is 1.55 bits per heavy atom. The minimum absolute atomic E-state index is 0.0255. The van der Waals surface area contributed by atoms with Crippen LogP contribution < -0.4 is 0 Å². The minimum atomic E-state index is -4.37. The minimum Gasteiger partial charge on any atom is -0.348 e. The molecule has 0 unspecified atom stereocenters. The molecule has 1 radical (unpaired) electrons. The predicted octanol–water partition coefficient (Wildman–Crippen LogP) is 1.81. The van der Waals surface area contributed by atoms with Crippen LogP contribution in [0.5, 0.6) is 0 Å². The summed E-state index contributed by atoms with van der Waals surface area (Å²) in [5, 5.41) is 0. The summed E-state index contributed by atoms with van der Waals surface area (Å²) < 4.78 is 35.9. The van der Waals surface area contributed by atoms with E-state index in [4.69, 9.17) is 0 Å². The van der Waals surface area contributed by atoms with Gasteiger partial charge in [-0.3, -0.25) is 0 Å². The first kappa shape index (κ1) is 8.10. The van der Waals surface area contributed by atoms with Gasteiger partial charge >= 0.3 is 6.18 Å². The fraction of sp³-hybridized carbons (Fsp3) is 0.333. The van der Waals surface area contributed by atoms with Gasteiger partial charge in [0.2, 0.25) is 0 Å². The van der Waals surface area contributed by atoms with E-state index in [1.807, 2.05) is 0 Å². The number of hydrogen-bond donors (Lipinski definition) is 1. The Balaban J connectivity index is 3.02. The summed E-state index contributed by atoms with van der Waals surface area (Å²) in [5.74, 6) is 0. The zero-order chi connectivity index (χ0) is 8.48. The largest absolute Gasteiger partial charge is 0.435 e. The van der Waals surface area contributed by atoms with Crippen LogP contribution in [0.3, 0.4) is 0 Å². The number of aromatic amines is 1. The molecular formula is C6H6F3N2. The van der Waals surface area contributed by atoms with Crippen LogP contribution in [-0.2, 0) is 12.6 Å². The maximum Gasteiger partial charge on any atom is 0.435 e. The third-order valence-corrected chi connectivity index (χ3v) is 1.24. The lowest BCUT2D eigenvalue weighted by atomic mass is 10.2. The summed E-state index contributed by atoms with van der Waals surface area (Å²) >= 11 is 0. The molecule has 0 aliphatic carbocycles. The van der Waals surface area contributed by atoms with E-state index in [9.17, 15) is 13.2 Å². The molecule has 0 fully saturated rings. The molecular weight excluding hydrogens is 157 g/mol. The highest BCUT2D eigenvalue weighted by atomic mass is 19.4. The quantitative estimate of drug-likeness (QED) is 0.671. The molecule has 0 aromatic carbocycles. The van der Waals surface area contributed by atoms with Crippen molar-refractivity contribution >= 4 is 0 Å². The molecule has 1 aromatic heterocycles. The van der Waals surface area contributed by atoms with Gasteiger partial charge in [-0.1, -0.05) is 0 Å². The maximum atomic E-state index is 12.0. The molecule has 0 spiro atoms. The van der Waals surface area contributed by atoms with Gasteiger partial charge in [0.05, 0.1) is 6.33 Å². The number of nitrogens with zero attached hydrogens (tertiary/aromatic N) is 1. The molecule has 1 rings (SSSR count). The fourth-order valence-electron chi connectivity index (χ4n) is 0.756. The van der Waals surface area contributed by atoms with E-state index in [-0.39, 0.29) is 12.1 Å². The van der Waals surface area contributed by atoms with E-state index in [1.165, 1.54) is 0 Å². The summed E-state index contributed by atoms with van der Waals surface area (Å²) in [5.41, 5.74) is -0.843. The van der Waals surface area contributed by atoms with E-state index in [0.717, 1.165) is 6.33 Å². The van der Waals surface area contributed by atoms with E-state index in [0.29, 0.717) is 0 Å². The van der Waals surface area contributed by atoms with Gasteiger partial charge < -0.3 is 4.98 Å². The van der Waals surface area contributed by atoms with Crippen molar-refractivity contribution in [2.45, 2.75) is 12.6 Å². The monoisotopic (exact) mass is 163 g/mol. The Morgan fingerprint density at radius 3 is 2.55 bits per heavy atom. The number of nitrogens with one attached hydrogen (secondary N) is 1. The Labute approximate surface area is 61.5 Å². The predicted molar refractivity (Wildman–Crippen MR) is 32.7 cm³/mol. The SMILES string of the molecule is [CH2]Cc1[nH]cnc1C(F)(F)F. The van der Waals surface area contributed by atoms with Gasteiger partial charge in [-0.25, -0.2) is 4.98 Å². The maximum absolute atomic E-state index is 12.0. The standard InChI is InChI=1S/C6H6F3N2/c1-2-4-5(6(7,8)9)11-3-10-4/h3H,1-2H2,(H,10,11). The Morgan fingerprint density at radius 2 is 2.18 bits per heavy atom. The van der Waals surface area contributed by atoms with Crippen molar-refractivity contribution in [3.63, 3.8) is 0 Å². The van der Waals surface area contributed by atoms with Gasteiger partial charge in [-0.15, -0.1) is 0 Å². The number of imidazole rings is 1. The van der Waals surface area contributed by atoms with Crippen LogP contribution in [0.25, 0.3) is 0 Å². The number of aromatic nitrogens is 2. The number of halogens is 3. The molecule has 0 aliphatic rings. The first-order valence-electron chi connectivity index (χ1n) is 2.94. The van der Waals surface area contributed by atoms with Crippen molar-refractivity contribution in [2.24, 2.45) is 0 Å². The summed E-state index contributed by atoms with van der Waals surface area (Å²) in [6.07, 6.45) is -3.29. The van der Waals surface area contributed by atoms with Crippen molar-refractivity contribution < 1.29 is 13.2 Å². The molecule has 0 saturated heterocycles. The Kier molecular flexibility index (Phi) is 1.89. The van der Waals surface area contributed by atoms with Crippen LogP contribution in [0, 0.1) is 6.92 Å². The van der Waals surface area contributed by atoms with Crippen LogP contribution >= 0.6 is 0 Å². The van der Waals surface area contributed by atoms with Crippen LogP contribution in [0.15, 0.2) is 6.33 Å². The highest BCUT2D eigenvalue weighted by molar-refractivity contribution is 5.14. The van der Waals surface area contributed by atoms with Gasteiger partial charge in [0.15, 0.2) is 5.69 Å². The average Bonchev–Trinajstić information content (AvgIpc) is 2.31. The molecule has 61 valence electrons. The zero-order valence-corrected chi connectivity index (χ0v) is 5.57. The number of rotatable bonds is 1. The van der Waals surface area contributed by atoms with Crippen molar-refractivity contribution in [1.29, 1.82) is 0 Å². The van der Waals surface area contributed by atoms with Gasteiger partial charge in [0.25, 0.3) is 0 Å². The summed E-state index contributed by atoms with van der Waals surface area (Å²) in [7, 11) is 0. The van der Waals surface area contributed by atoms with Crippen molar-refractivity contribution in [3.8, 4) is 0 Å². The third kappa shape index (κ3) is 1.53. The second-order valence-corrected chi connectivity index (χ2v) is 1.98. The lowest BCUT2D eigenvalue weighted by Gasteiger charge is -2.03. The fourth-order valence-corrected chi connectivity index (χ4v) is 0.756. The van der Waals surface area contributed by atoms with E-state index in [2.05, 4.69) is 16.9 Å². The topological polar surface area (TPSA) is 28.7 Å². The molecule has 0 aliphatic heterocycles. The van der Waals surface area contributed by atoms with Gasteiger partial charge in [-0.05, 0) is 13.3 Å². The first-order valence-corrected chi connectivity index (χ1v) is 2.94. The summed E-state index contributed by atoms with van der Waals surface area (Å²) in [6, 6.07) is 0. The number of hydrogen-bond acceptors (Lipinski definition) is 1. The van der Waals surface area contributed by atoms with Gasteiger partial charge in [0, 0.05) is 5.69 Å². The molecule has 0 bridgehead atoms. The summed E-state index contributed by atoms with van der Waals surface area (Å²) in [4.78, 5) is 5.51. The molecule has 1 heterocycles. The lowest BCUT2D eigenvalue weighted by molar-refractivity contribution is -0.141. The highest BCUT2D eigenvalue weighted by Gasteiger charge is 2.35. The molecule has 0 saturated carbocycles. The number of alkyl halides is 3. The molecule has 0 amide bonds. The normalized spacial score (nSPS) is 12.0. The van der Waals surface area contributed by atoms with E-state index in [1.54, 1.807) is 0 Å². The van der Waals surface area contributed by atoms with Crippen LogP contribution in [0.4, 0.5) is 13.2 Å². The molecule has 5 heteroatoms. The summed E-state index contributed by atoms with van der Waals surface area (Å²) in [6.45, 7) is 3.33. The lowest BCUT2D eigenvalue weighted by Crippen LogP contribution is -2.08. The average molecular weight is 163 g/mol. The smallest absolute Gasteiger partial charge is 0.348 e. The van der Waals surface area contributed by atoms with Gasteiger partial charge in [-0.2, -0.15) is 13.2 Å². The van der Waals surface area contributed by atoms with Crippen LogP contribution in [0.1, 0.15) is 11.4 Å². The second-order valence-electron chi connectivity index (χ2n) is 1.98. The molecule has 1 N–H and O–H groups in total. The third-order valence-electron chi connectivity index (χ3n) is 1.24. The molecule has 11 heavy (non-hydrogen) atoms. The highest BCUT2D eigenvalue weighted by Crippen LogP contribution is 2.29. The van der Waals surface area contributed by atoms with E-state index < -0.39 is 11.9 Å². The van der Waals surface area contributed by atoms with Gasteiger partial charge in [0.1, 0.15) is 0 Å².